The van der Waals surface area contributed by atoms with Gasteiger partial charge in [-0.3, -0.25) is 9.36 Å². The maximum Gasteiger partial charge on any atom is 0.252 e. The van der Waals surface area contributed by atoms with Crippen LogP contribution in [-0.2, 0) is 9.53 Å². The molecule has 1 aromatic carbocycles. The first-order valence-corrected chi connectivity index (χ1v) is 9.03. The molecule has 0 aliphatic carbocycles. The number of nitrogens with zero attached hydrogens (tertiary/aromatic N) is 6. The zero-order chi connectivity index (χ0) is 20.1. The molecule has 29 heavy (non-hydrogen) atoms. The first kappa shape index (κ1) is 17.7. The number of hydrogen-bond acceptors (Lipinski definition) is 6. The van der Waals surface area contributed by atoms with Crippen LogP contribution in [-0.4, -0.2) is 58.3 Å². The molecule has 0 radical (unpaired) electrons. The van der Waals surface area contributed by atoms with E-state index in [0.29, 0.717) is 31.3 Å². The van der Waals surface area contributed by atoms with E-state index in [9.17, 15) is 13.6 Å². The van der Waals surface area contributed by atoms with Crippen molar-refractivity contribution in [3.05, 3.63) is 48.4 Å². The maximum absolute atomic E-state index is 14.3. The Labute approximate surface area is 164 Å². The second kappa shape index (κ2) is 6.59. The average molecular weight is 398 g/mol. The number of carbonyl (C=O) groups is 1. The van der Waals surface area contributed by atoms with Crippen molar-refractivity contribution >= 4 is 17.4 Å². The molecule has 0 N–H and O–H groups in total. The van der Waals surface area contributed by atoms with Crippen LogP contribution in [0.25, 0.3) is 17.3 Å². The van der Waals surface area contributed by atoms with Gasteiger partial charge in [0.1, 0.15) is 29.2 Å². The van der Waals surface area contributed by atoms with Crippen molar-refractivity contribution < 1.29 is 18.3 Å². The molecule has 2 aliphatic rings. The summed E-state index contributed by atoms with van der Waals surface area (Å²) in [4.78, 5) is 29.2. The van der Waals surface area contributed by atoms with Gasteiger partial charge in [0.05, 0.1) is 25.0 Å². The van der Waals surface area contributed by atoms with Gasteiger partial charge in [0.25, 0.3) is 5.91 Å². The lowest BCUT2D eigenvalue weighted by molar-refractivity contribution is -0.122. The van der Waals surface area contributed by atoms with Gasteiger partial charge in [0.2, 0.25) is 5.95 Å². The molecule has 1 atom stereocenters. The number of morpholine rings is 1. The number of likely N-dealkylation sites (N-methyl/N-ethyl adjacent to an activating group) is 1. The zero-order valence-corrected chi connectivity index (χ0v) is 15.4. The molecule has 1 fully saturated rings. The van der Waals surface area contributed by atoms with Crippen LogP contribution in [0, 0.1) is 11.6 Å². The number of imidazole rings is 1. The quantitative estimate of drug-likeness (QED) is 0.655. The Morgan fingerprint density at radius 1 is 1.24 bits per heavy atom. The molecule has 1 saturated heterocycles. The van der Waals surface area contributed by atoms with E-state index in [2.05, 4.69) is 15.0 Å². The Kier molecular flexibility index (Phi) is 4.02. The minimum atomic E-state index is -0.728. The van der Waals surface area contributed by atoms with Crippen LogP contribution in [0.4, 0.5) is 20.3 Å². The van der Waals surface area contributed by atoms with E-state index >= 15 is 0 Å². The van der Waals surface area contributed by atoms with Crippen molar-refractivity contribution in [2.75, 3.05) is 36.6 Å². The van der Waals surface area contributed by atoms with E-state index in [0.717, 1.165) is 6.07 Å². The summed E-state index contributed by atoms with van der Waals surface area (Å²) in [6.45, 7) is 1.31. The van der Waals surface area contributed by atoms with Crippen LogP contribution in [0.5, 0.6) is 0 Å². The van der Waals surface area contributed by atoms with Crippen LogP contribution in [0.15, 0.2) is 36.8 Å². The summed E-state index contributed by atoms with van der Waals surface area (Å²) in [5.74, 6) is -0.349. The molecule has 2 aliphatic heterocycles. The Hall–Kier alpha value is -3.40. The molecule has 8 nitrogen and oxygen atoms in total. The monoisotopic (exact) mass is 398 g/mol. The minimum absolute atomic E-state index is 0.0785. The Morgan fingerprint density at radius 3 is 2.93 bits per heavy atom. The van der Waals surface area contributed by atoms with Crippen LogP contribution < -0.4 is 9.80 Å². The van der Waals surface area contributed by atoms with Crippen molar-refractivity contribution in [2.45, 2.75) is 6.04 Å². The van der Waals surface area contributed by atoms with Gasteiger partial charge < -0.3 is 14.5 Å². The Balaban J connectivity index is 1.62. The lowest BCUT2D eigenvalue weighted by atomic mass is 10.1. The number of rotatable bonds is 2. The molecule has 0 spiro atoms. The number of anilines is 2. The topological polar surface area (TPSA) is 76.4 Å². The van der Waals surface area contributed by atoms with E-state index < -0.39 is 17.7 Å². The fraction of sp³-hybridized carbons (Fsp3) is 0.263. The molecule has 1 unspecified atom stereocenters. The first-order chi connectivity index (χ1) is 14.0. The van der Waals surface area contributed by atoms with E-state index in [4.69, 9.17) is 4.74 Å². The molecule has 2 aromatic heterocycles. The second-order valence-corrected chi connectivity index (χ2v) is 6.81. The van der Waals surface area contributed by atoms with Crippen LogP contribution >= 0.6 is 0 Å². The normalized spacial score (nSPS) is 18.6. The van der Waals surface area contributed by atoms with Gasteiger partial charge in [0, 0.05) is 32.1 Å². The number of halogens is 2. The number of fused-ring (bicyclic) bond motifs is 3. The van der Waals surface area contributed by atoms with Gasteiger partial charge in [-0.05, 0) is 12.1 Å². The number of carbonyl (C=O) groups excluding carboxylic acids is 1. The van der Waals surface area contributed by atoms with Gasteiger partial charge >= 0.3 is 0 Å². The predicted molar refractivity (Wildman–Crippen MR) is 99.9 cm³/mol. The fourth-order valence-corrected chi connectivity index (χ4v) is 3.66. The summed E-state index contributed by atoms with van der Waals surface area (Å²) in [6.07, 6.45) is 4.66. The summed E-state index contributed by atoms with van der Waals surface area (Å²) in [6, 6.07) is 2.86. The summed E-state index contributed by atoms with van der Waals surface area (Å²) >= 11 is 0. The standard InChI is InChI=1S/C19H16F2N6O2/c1-25-14-9-23-19(24-17(14)26-6-7-29-10-15(26)18(25)28)27-5-4-22-16(27)12-3-2-11(20)8-13(12)21/h2-5,8-9,15H,6-7,10H2,1H3. The van der Waals surface area contributed by atoms with Gasteiger partial charge in [-0.15, -0.1) is 0 Å². The highest BCUT2D eigenvalue weighted by molar-refractivity contribution is 6.04. The van der Waals surface area contributed by atoms with Crippen molar-refractivity contribution in [3.63, 3.8) is 0 Å². The van der Waals surface area contributed by atoms with Gasteiger partial charge in [-0.1, -0.05) is 0 Å². The molecule has 10 heteroatoms. The maximum atomic E-state index is 14.3. The van der Waals surface area contributed by atoms with Gasteiger partial charge in [-0.2, -0.15) is 4.98 Å². The average Bonchev–Trinajstić information content (AvgIpc) is 3.21. The summed E-state index contributed by atoms with van der Waals surface area (Å²) < 4.78 is 34.6. The molecule has 4 heterocycles. The summed E-state index contributed by atoms with van der Waals surface area (Å²) in [5, 5.41) is 0. The number of ether oxygens (including phenoxy) is 1. The molecular weight excluding hydrogens is 382 g/mol. The molecule has 1 amide bonds. The van der Waals surface area contributed by atoms with Crippen molar-refractivity contribution in [1.82, 2.24) is 19.5 Å². The summed E-state index contributed by atoms with van der Waals surface area (Å²) in [5.41, 5.74) is 0.723. The van der Waals surface area contributed by atoms with Crippen LogP contribution in [0.2, 0.25) is 0 Å². The Bertz CT molecular complexity index is 1120. The lowest BCUT2D eigenvalue weighted by Gasteiger charge is -2.42. The summed E-state index contributed by atoms with van der Waals surface area (Å²) in [7, 11) is 1.67. The number of amides is 1. The Morgan fingerprint density at radius 2 is 2.10 bits per heavy atom. The number of hydrogen-bond donors (Lipinski definition) is 0. The third kappa shape index (κ3) is 2.75. The van der Waals surface area contributed by atoms with E-state index in [-0.39, 0.29) is 23.2 Å². The van der Waals surface area contributed by atoms with Gasteiger partial charge in [0.15, 0.2) is 5.82 Å². The van der Waals surface area contributed by atoms with Gasteiger partial charge in [-0.25, -0.2) is 18.7 Å². The van der Waals surface area contributed by atoms with E-state index in [1.165, 1.54) is 27.8 Å². The zero-order valence-electron chi connectivity index (χ0n) is 15.4. The molecule has 0 saturated carbocycles. The van der Waals surface area contributed by atoms with Crippen LogP contribution in [0.3, 0.4) is 0 Å². The smallest absolute Gasteiger partial charge is 0.252 e. The van der Waals surface area contributed by atoms with Crippen LogP contribution in [0.1, 0.15) is 0 Å². The first-order valence-electron chi connectivity index (χ1n) is 9.03. The predicted octanol–water partition coefficient (Wildman–Crippen LogP) is 1.79. The highest BCUT2D eigenvalue weighted by Gasteiger charge is 2.40. The highest BCUT2D eigenvalue weighted by atomic mass is 19.1. The third-order valence-corrected chi connectivity index (χ3v) is 5.14. The molecular formula is C19H16F2N6O2. The number of aromatic nitrogens is 4. The minimum Gasteiger partial charge on any atom is -0.377 e. The third-order valence-electron chi connectivity index (χ3n) is 5.14. The molecule has 5 rings (SSSR count). The molecule has 3 aromatic rings. The second-order valence-electron chi connectivity index (χ2n) is 6.81. The van der Waals surface area contributed by atoms with Crippen molar-refractivity contribution in [2.24, 2.45) is 0 Å². The number of benzene rings is 1. The van der Waals surface area contributed by atoms with Crippen molar-refractivity contribution in [3.8, 4) is 17.3 Å². The SMILES string of the molecule is CN1C(=O)C2COCCN2c2nc(-n3ccnc3-c3ccc(F)cc3F)ncc21. The lowest BCUT2D eigenvalue weighted by Crippen LogP contribution is -2.58. The molecule has 148 valence electrons. The fourth-order valence-electron chi connectivity index (χ4n) is 3.66. The largest absolute Gasteiger partial charge is 0.377 e. The van der Waals surface area contributed by atoms with Crippen molar-refractivity contribution in [1.29, 1.82) is 0 Å². The van der Waals surface area contributed by atoms with E-state index in [1.54, 1.807) is 19.4 Å². The van der Waals surface area contributed by atoms with E-state index in [1.807, 2.05) is 4.90 Å². The highest BCUT2D eigenvalue weighted by Crippen LogP contribution is 2.35. The molecule has 0 bridgehead atoms.